The van der Waals surface area contributed by atoms with Crippen molar-refractivity contribution in [1.29, 1.82) is 0 Å². The summed E-state index contributed by atoms with van der Waals surface area (Å²) in [5.41, 5.74) is 3.49. The van der Waals surface area contributed by atoms with Gasteiger partial charge in [-0.3, -0.25) is 9.59 Å². The van der Waals surface area contributed by atoms with Crippen LogP contribution in [-0.4, -0.2) is 75.1 Å². The van der Waals surface area contributed by atoms with Crippen molar-refractivity contribution in [2.24, 2.45) is 5.92 Å². The monoisotopic (exact) mass is 423 g/mol. The summed E-state index contributed by atoms with van der Waals surface area (Å²) in [7, 11) is 1.31. The summed E-state index contributed by atoms with van der Waals surface area (Å²) >= 11 is 0. The first-order valence-corrected chi connectivity index (χ1v) is 11.3. The first-order valence-electron chi connectivity index (χ1n) is 9.90. The molecule has 1 aromatic rings. The van der Waals surface area contributed by atoms with Gasteiger partial charge in [-0.15, -0.1) is 0 Å². The summed E-state index contributed by atoms with van der Waals surface area (Å²) in [6.45, 7) is 8.20. The Kier molecular flexibility index (Phi) is 7.11. The van der Waals surface area contributed by atoms with Crippen LogP contribution in [0.15, 0.2) is 11.0 Å². The van der Waals surface area contributed by atoms with E-state index < -0.39 is 10.0 Å². The van der Waals surface area contributed by atoms with Gasteiger partial charge in [-0.05, 0) is 62.8 Å². The third-order valence-electron chi connectivity index (χ3n) is 5.95. The molecule has 29 heavy (non-hydrogen) atoms. The molecule has 2 rings (SSSR count). The first kappa shape index (κ1) is 23.3. The van der Waals surface area contributed by atoms with Gasteiger partial charge in [0.2, 0.25) is 21.8 Å². The lowest BCUT2D eigenvalue weighted by atomic mass is 9.96. The number of carbonyl (C=O) groups excluding carboxylic acids is 2. The molecule has 1 fully saturated rings. The van der Waals surface area contributed by atoms with Crippen LogP contribution in [0, 0.1) is 33.6 Å². The van der Waals surface area contributed by atoms with E-state index in [1.807, 2.05) is 33.8 Å². The number of piperidine rings is 1. The lowest BCUT2D eigenvalue weighted by Gasteiger charge is -2.33. The number of hydrogen-bond donors (Lipinski definition) is 0. The summed E-state index contributed by atoms with van der Waals surface area (Å²) in [5.74, 6) is -0.500. The molecule has 0 N–H and O–H groups in total. The quantitative estimate of drug-likeness (QED) is 0.724. The summed E-state index contributed by atoms with van der Waals surface area (Å²) in [5, 5.41) is 0. The Morgan fingerprint density at radius 1 is 1.00 bits per heavy atom. The highest BCUT2D eigenvalue weighted by molar-refractivity contribution is 7.89. The maximum Gasteiger partial charge on any atom is 0.243 e. The molecule has 1 aliphatic rings. The zero-order valence-electron chi connectivity index (χ0n) is 18.6. The van der Waals surface area contributed by atoms with Crippen LogP contribution in [0.2, 0.25) is 0 Å². The second-order valence-corrected chi connectivity index (χ2v) is 10.1. The van der Waals surface area contributed by atoms with Gasteiger partial charge in [0, 0.05) is 40.2 Å². The van der Waals surface area contributed by atoms with Crippen LogP contribution in [0.25, 0.3) is 0 Å². The molecule has 0 aromatic heterocycles. The van der Waals surface area contributed by atoms with Gasteiger partial charge in [0.05, 0.1) is 11.4 Å². The number of sulfonamides is 1. The molecule has 1 heterocycles. The summed E-state index contributed by atoms with van der Waals surface area (Å²) in [6.07, 6.45) is 0.920. The van der Waals surface area contributed by atoms with Crippen molar-refractivity contribution in [2.75, 3.05) is 40.8 Å². The van der Waals surface area contributed by atoms with Crippen LogP contribution in [0.4, 0.5) is 0 Å². The topological polar surface area (TPSA) is 78.0 Å². The Bertz CT molecular complexity index is 875. The Hall–Kier alpha value is -1.93. The third-order valence-corrected chi connectivity index (χ3v) is 8.12. The van der Waals surface area contributed by atoms with Crippen LogP contribution in [0.3, 0.4) is 0 Å². The highest BCUT2D eigenvalue weighted by atomic mass is 32.2. The Morgan fingerprint density at radius 3 is 1.93 bits per heavy atom. The van der Waals surface area contributed by atoms with Gasteiger partial charge in [0.1, 0.15) is 0 Å². The maximum atomic E-state index is 13.3. The average Bonchev–Trinajstić information content (AvgIpc) is 2.65. The molecular weight excluding hydrogens is 390 g/mol. The summed E-state index contributed by atoms with van der Waals surface area (Å²) in [6, 6.07) is 2.01. The Labute approximate surface area is 174 Å². The lowest BCUT2D eigenvalue weighted by Crippen LogP contribution is -2.45. The molecule has 0 radical (unpaired) electrons. The minimum absolute atomic E-state index is 0.0330. The van der Waals surface area contributed by atoms with Crippen molar-refractivity contribution in [3.8, 4) is 0 Å². The lowest BCUT2D eigenvalue weighted by molar-refractivity contribution is -0.141. The van der Waals surface area contributed by atoms with Crippen LogP contribution < -0.4 is 0 Å². The van der Waals surface area contributed by atoms with Gasteiger partial charge >= 0.3 is 0 Å². The summed E-state index contributed by atoms with van der Waals surface area (Å²) in [4.78, 5) is 27.8. The second-order valence-electron chi connectivity index (χ2n) is 8.25. The van der Waals surface area contributed by atoms with E-state index >= 15 is 0 Å². The molecule has 0 saturated carbocycles. The number of aryl methyl sites for hydroxylation is 2. The molecule has 0 atom stereocenters. The molecule has 0 unspecified atom stereocenters. The van der Waals surface area contributed by atoms with Crippen LogP contribution in [0.1, 0.15) is 35.1 Å². The van der Waals surface area contributed by atoms with E-state index in [2.05, 4.69) is 0 Å². The minimum Gasteiger partial charge on any atom is -0.347 e. The van der Waals surface area contributed by atoms with Gasteiger partial charge < -0.3 is 9.80 Å². The van der Waals surface area contributed by atoms with E-state index in [0.29, 0.717) is 30.8 Å². The van der Waals surface area contributed by atoms with Crippen molar-refractivity contribution in [3.63, 3.8) is 0 Å². The fourth-order valence-electron chi connectivity index (χ4n) is 3.77. The van der Waals surface area contributed by atoms with Crippen LogP contribution in [-0.2, 0) is 19.6 Å². The van der Waals surface area contributed by atoms with Crippen molar-refractivity contribution in [2.45, 2.75) is 45.4 Å². The molecule has 162 valence electrons. The molecule has 0 aliphatic carbocycles. The van der Waals surface area contributed by atoms with E-state index in [-0.39, 0.29) is 24.3 Å². The predicted octanol–water partition coefficient (Wildman–Crippen LogP) is 1.87. The summed E-state index contributed by atoms with van der Waals surface area (Å²) < 4.78 is 28.2. The standard InChI is InChI=1S/C21H33N3O4S/c1-14-12-15(2)17(4)20(16(14)3)29(27,28)24-10-8-18(9-11-24)21(26)23(7)13-19(25)22(5)6/h12,18H,8-11,13H2,1-7H3. The molecule has 1 aliphatic heterocycles. The number of amides is 2. The van der Waals surface area contributed by atoms with E-state index in [1.165, 1.54) is 14.1 Å². The van der Waals surface area contributed by atoms with E-state index in [1.54, 1.807) is 21.1 Å². The van der Waals surface area contributed by atoms with Gasteiger partial charge in [0.25, 0.3) is 0 Å². The highest BCUT2D eigenvalue weighted by Gasteiger charge is 2.35. The van der Waals surface area contributed by atoms with Crippen molar-refractivity contribution < 1.29 is 18.0 Å². The molecule has 8 heteroatoms. The molecule has 1 aromatic carbocycles. The fourth-order valence-corrected chi connectivity index (χ4v) is 5.82. The largest absolute Gasteiger partial charge is 0.347 e. The van der Waals surface area contributed by atoms with Gasteiger partial charge in [-0.25, -0.2) is 8.42 Å². The van der Waals surface area contributed by atoms with Crippen molar-refractivity contribution >= 4 is 21.8 Å². The van der Waals surface area contributed by atoms with E-state index in [9.17, 15) is 18.0 Å². The Balaban J connectivity index is 2.13. The number of carbonyl (C=O) groups is 2. The van der Waals surface area contributed by atoms with Crippen molar-refractivity contribution in [1.82, 2.24) is 14.1 Å². The number of hydrogen-bond acceptors (Lipinski definition) is 4. The van der Waals surface area contributed by atoms with Gasteiger partial charge in [-0.1, -0.05) is 6.07 Å². The SMILES string of the molecule is Cc1cc(C)c(C)c(S(=O)(=O)N2CCC(C(=O)N(C)CC(=O)N(C)C)CC2)c1C. The minimum atomic E-state index is -3.62. The molecule has 7 nitrogen and oxygen atoms in total. The maximum absolute atomic E-state index is 13.3. The van der Waals surface area contributed by atoms with Gasteiger partial charge in [0.15, 0.2) is 0 Å². The number of benzene rings is 1. The fraction of sp³-hybridized carbons (Fsp3) is 0.619. The zero-order valence-corrected chi connectivity index (χ0v) is 19.4. The average molecular weight is 424 g/mol. The predicted molar refractivity (Wildman–Crippen MR) is 113 cm³/mol. The first-order chi connectivity index (χ1) is 13.4. The molecule has 2 amide bonds. The molecular formula is C21H33N3O4S. The Morgan fingerprint density at radius 2 is 1.48 bits per heavy atom. The number of likely N-dealkylation sites (N-methyl/N-ethyl adjacent to an activating group) is 2. The molecule has 1 saturated heterocycles. The molecule has 0 bridgehead atoms. The van der Waals surface area contributed by atoms with Crippen molar-refractivity contribution in [3.05, 3.63) is 28.3 Å². The zero-order chi connectivity index (χ0) is 22.1. The molecule has 0 spiro atoms. The van der Waals surface area contributed by atoms with Crippen LogP contribution in [0.5, 0.6) is 0 Å². The van der Waals surface area contributed by atoms with Gasteiger partial charge in [-0.2, -0.15) is 4.31 Å². The second kappa shape index (κ2) is 8.83. The smallest absolute Gasteiger partial charge is 0.243 e. The third kappa shape index (κ3) is 4.80. The van der Waals surface area contributed by atoms with Crippen LogP contribution >= 0.6 is 0 Å². The van der Waals surface area contributed by atoms with E-state index in [0.717, 1.165) is 22.3 Å². The number of rotatable bonds is 5. The highest BCUT2D eigenvalue weighted by Crippen LogP contribution is 2.31. The van der Waals surface area contributed by atoms with E-state index in [4.69, 9.17) is 0 Å². The normalized spacial score (nSPS) is 16.0. The number of nitrogens with zero attached hydrogens (tertiary/aromatic N) is 3.